The maximum absolute atomic E-state index is 12.7. The fraction of sp³-hybridized carbons (Fsp3) is 0.0385. The largest absolute Gasteiger partial charge is 0.477 e. The minimum atomic E-state index is -1.29. The second-order valence-corrected chi connectivity index (χ2v) is 7.87. The van der Waals surface area contributed by atoms with Gasteiger partial charge in [-0.05, 0) is 47.5 Å². The molecule has 0 aliphatic carbocycles. The van der Waals surface area contributed by atoms with Crippen molar-refractivity contribution in [2.75, 3.05) is 0 Å². The van der Waals surface area contributed by atoms with Crippen LogP contribution in [0.25, 0.3) is 17.0 Å². The highest BCUT2D eigenvalue weighted by Gasteiger charge is 2.17. The maximum atomic E-state index is 12.7. The van der Waals surface area contributed by atoms with E-state index in [4.69, 9.17) is 11.6 Å². The number of aromatic amines is 1. The molecule has 0 unspecified atom stereocenters. The topological polar surface area (TPSA) is 111 Å². The first-order valence-corrected chi connectivity index (χ1v) is 10.7. The third kappa shape index (κ3) is 5.16. The van der Waals surface area contributed by atoms with Gasteiger partial charge in [-0.3, -0.25) is 9.59 Å². The molecule has 3 aromatic carbocycles. The lowest BCUT2D eigenvalue weighted by atomic mass is 10.1. The Morgan fingerprint density at radius 1 is 0.941 bits per heavy atom. The van der Waals surface area contributed by atoms with Gasteiger partial charge >= 0.3 is 5.97 Å². The molecule has 4 rings (SSSR count). The smallest absolute Gasteiger partial charge is 0.352 e. The van der Waals surface area contributed by atoms with Crippen LogP contribution in [0, 0.1) is 0 Å². The van der Waals surface area contributed by atoms with Crippen LogP contribution in [0.15, 0.2) is 84.7 Å². The van der Waals surface area contributed by atoms with Crippen molar-refractivity contribution in [1.29, 1.82) is 0 Å². The average Bonchev–Trinajstić information content (AvgIpc) is 3.32. The van der Waals surface area contributed by atoms with Crippen molar-refractivity contribution < 1.29 is 19.5 Å². The number of aliphatic carboxylic acids is 1. The second kappa shape index (κ2) is 10.1. The lowest BCUT2D eigenvalue weighted by Gasteiger charge is -2.10. The lowest BCUT2D eigenvalue weighted by Crippen LogP contribution is -2.28. The van der Waals surface area contributed by atoms with Crippen molar-refractivity contribution in [1.82, 2.24) is 15.6 Å². The van der Waals surface area contributed by atoms with Gasteiger partial charge in [0, 0.05) is 29.2 Å². The number of fused-ring (bicyclic) bond motifs is 1. The van der Waals surface area contributed by atoms with E-state index in [1.165, 1.54) is 24.3 Å². The average molecular weight is 474 g/mol. The summed E-state index contributed by atoms with van der Waals surface area (Å²) in [6.07, 6.45) is 3.19. The fourth-order valence-corrected chi connectivity index (χ4v) is 3.75. The Labute approximate surface area is 200 Å². The van der Waals surface area contributed by atoms with Crippen molar-refractivity contribution in [2.45, 2.75) is 6.54 Å². The number of hydrogen-bond donors (Lipinski definition) is 4. The first kappa shape index (κ1) is 22.8. The van der Waals surface area contributed by atoms with Crippen LogP contribution in [0.4, 0.5) is 0 Å². The first-order valence-electron chi connectivity index (χ1n) is 10.4. The molecule has 0 spiro atoms. The SMILES string of the molecule is O=C(O)/C(=C/c1ccccc1)NC(=O)c1ccc(C(=O)NCc2cccc3[nH]ccc23)cc1Cl. The van der Waals surface area contributed by atoms with E-state index in [1.54, 1.807) is 30.3 Å². The minimum absolute atomic E-state index is 0.0299. The van der Waals surface area contributed by atoms with E-state index in [0.717, 1.165) is 16.5 Å². The van der Waals surface area contributed by atoms with E-state index in [9.17, 15) is 19.5 Å². The lowest BCUT2D eigenvalue weighted by molar-refractivity contribution is -0.132. The van der Waals surface area contributed by atoms with E-state index in [1.807, 2.05) is 30.5 Å². The number of carbonyl (C=O) groups excluding carboxylic acids is 2. The highest BCUT2D eigenvalue weighted by Crippen LogP contribution is 2.20. The molecule has 1 heterocycles. The van der Waals surface area contributed by atoms with Crippen LogP contribution in [0.5, 0.6) is 0 Å². The third-order valence-corrected chi connectivity index (χ3v) is 5.50. The van der Waals surface area contributed by atoms with Crippen molar-refractivity contribution in [3.05, 3.63) is 112 Å². The Morgan fingerprint density at radius 3 is 2.47 bits per heavy atom. The Bertz CT molecular complexity index is 1410. The number of benzene rings is 3. The van der Waals surface area contributed by atoms with Gasteiger partial charge < -0.3 is 20.7 Å². The molecule has 8 heteroatoms. The number of rotatable bonds is 7. The van der Waals surface area contributed by atoms with Crippen molar-refractivity contribution >= 4 is 46.4 Å². The summed E-state index contributed by atoms with van der Waals surface area (Å²) in [7, 11) is 0. The normalized spacial score (nSPS) is 11.3. The van der Waals surface area contributed by atoms with Crippen molar-refractivity contribution in [3.8, 4) is 0 Å². The monoisotopic (exact) mass is 473 g/mol. The van der Waals surface area contributed by atoms with Gasteiger partial charge in [-0.2, -0.15) is 0 Å². The molecule has 0 aliphatic rings. The predicted octanol–water partition coefficient (Wildman–Crippen LogP) is 4.61. The van der Waals surface area contributed by atoms with E-state index in [-0.39, 0.29) is 27.8 Å². The molecule has 0 aliphatic heterocycles. The van der Waals surface area contributed by atoms with Gasteiger partial charge in [0.25, 0.3) is 11.8 Å². The molecule has 34 heavy (non-hydrogen) atoms. The van der Waals surface area contributed by atoms with Gasteiger partial charge in [-0.25, -0.2) is 4.79 Å². The molecule has 0 saturated heterocycles. The molecular weight excluding hydrogens is 454 g/mol. The zero-order valence-corrected chi connectivity index (χ0v) is 18.6. The van der Waals surface area contributed by atoms with Gasteiger partial charge in [0.05, 0.1) is 10.6 Å². The predicted molar refractivity (Wildman–Crippen MR) is 130 cm³/mol. The van der Waals surface area contributed by atoms with Crippen molar-refractivity contribution in [3.63, 3.8) is 0 Å². The van der Waals surface area contributed by atoms with E-state index in [0.29, 0.717) is 12.1 Å². The minimum Gasteiger partial charge on any atom is -0.477 e. The molecule has 4 N–H and O–H groups in total. The summed E-state index contributed by atoms with van der Waals surface area (Å²) in [4.78, 5) is 40.0. The van der Waals surface area contributed by atoms with Gasteiger partial charge in [-0.15, -0.1) is 0 Å². The zero-order chi connectivity index (χ0) is 24.1. The number of amides is 2. The van der Waals surface area contributed by atoms with Crippen LogP contribution >= 0.6 is 11.6 Å². The zero-order valence-electron chi connectivity index (χ0n) is 17.8. The van der Waals surface area contributed by atoms with Crippen LogP contribution in [0.3, 0.4) is 0 Å². The quantitative estimate of drug-likeness (QED) is 0.294. The Hall–Kier alpha value is -4.36. The van der Waals surface area contributed by atoms with Gasteiger partial charge in [-0.1, -0.05) is 54.1 Å². The second-order valence-electron chi connectivity index (χ2n) is 7.46. The van der Waals surface area contributed by atoms with Crippen LogP contribution in [-0.2, 0) is 11.3 Å². The molecule has 170 valence electrons. The summed E-state index contributed by atoms with van der Waals surface area (Å²) in [5, 5.41) is 15.7. The molecule has 0 saturated carbocycles. The Kier molecular flexibility index (Phi) is 6.75. The first-order chi connectivity index (χ1) is 16.4. The summed E-state index contributed by atoms with van der Waals surface area (Å²) < 4.78 is 0. The highest BCUT2D eigenvalue weighted by molar-refractivity contribution is 6.34. The standard InChI is InChI=1S/C26H20ClN3O4/c27-21-14-17(24(31)29-15-18-7-4-8-22-19(18)11-12-28-22)9-10-20(21)25(32)30-23(26(33)34)13-16-5-2-1-3-6-16/h1-14,28H,15H2,(H,29,31)(H,30,32)(H,33,34)/b23-13-. The van der Waals surface area contributed by atoms with Gasteiger partial charge in [0.2, 0.25) is 0 Å². The fourth-order valence-electron chi connectivity index (χ4n) is 3.48. The number of aromatic nitrogens is 1. The molecule has 0 atom stereocenters. The van der Waals surface area contributed by atoms with Crippen molar-refractivity contribution in [2.24, 2.45) is 0 Å². The van der Waals surface area contributed by atoms with Crippen LogP contribution in [-0.4, -0.2) is 27.9 Å². The number of carboxylic acids is 1. The Balaban J connectivity index is 1.46. The Morgan fingerprint density at radius 2 is 1.74 bits per heavy atom. The molecule has 0 fully saturated rings. The number of H-pyrrole nitrogens is 1. The number of nitrogens with one attached hydrogen (secondary N) is 3. The molecule has 1 aromatic heterocycles. The molecule has 0 radical (unpaired) electrons. The van der Waals surface area contributed by atoms with Crippen LogP contribution < -0.4 is 10.6 Å². The number of carboxylic acid groups (broad SMARTS) is 1. The van der Waals surface area contributed by atoms with Crippen LogP contribution in [0.2, 0.25) is 5.02 Å². The summed E-state index contributed by atoms with van der Waals surface area (Å²) in [5.74, 6) is -2.33. The number of carbonyl (C=O) groups is 3. The van der Waals surface area contributed by atoms with Gasteiger partial charge in [0.1, 0.15) is 5.70 Å². The van der Waals surface area contributed by atoms with E-state index in [2.05, 4.69) is 15.6 Å². The molecule has 4 aromatic rings. The summed E-state index contributed by atoms with van der Waals surface area (Å²) in [6, 6.07) is 20.7. The number of hydrogen-bond acceptors (Lipinski definition) is 3. The molecule has 0 bridgehead atoms. The highest BCUT2D eigenvalue weighted by atomic mass is 35.5. The summed E-state index contributed by atoms with van der Waals surface area (Å²) in [5.41, 5.74) is 2.59. The summed E-state index contributed by atoms with van der Waals surface area (Å²) in [6.45, 7) is 0.320. The number of halogens is 1. The summed E-state index contributed by atoms with van der Waals surface area (Å²) >= 11 is 6.26. The molecule has 2 amide bonds. The van der Waals surface area contributed by atoms with Crippen LogP contribution in [0.1, 0.15) is 31.8 Å². The van der Waals surface area contributed by atoms with E-state index < -0.39 is 11.9 Å². The maximum Gasteiger partial charge on any atom is 0.352 e. The molecular formula is C26H20ClN3O4. The van der Waals surface area contributed by atoms with Gasteiger partial charge in [0.15, 0.2) is 0 Å². The molecule has 7 nitrogen and oxygen atoms in total. The van der Waals surface area contributed by atoms with E-state index >= 15 is 0 Å². The third-order valence-electron chi connectivity index (χ3n) is 5.19.